The molecule has 5 heteroatoms. The van der Waals surface area contributed by atoms with Crippen LogP contribution < -0.4 is 4.74 Å². The fourth-order valence-corrected chi connectivity index (χ4v) is 3.29. The van der Waals surface area contributed by atoms with Crippen molar-refractivity contribution in [2.75, 3.05) is 0 Å². The van der Waals surface area contributed by atoms with E-state index in [1.807, 2.05) is 51.1 Å². The Bertz CT molecular complexity index is 842. The second-order valence-corrected chi connectivity index (χ2v) is 7.13. The fraction of sp³-hybridized carbons (Fsp3) is 0.304. The van der Waals surface area contributed by atoms with Crippen LogP contribution >= 0.6 is 11.6 Å². The minimum atomic E-state index is -1.01. The second kappa shape index (κ2) is 10.5. The monoisotopic (exact) mass is 397 g/mol. The Balaban J connectivity index is 2.17. The smallest absolute Gasteiger partial charge is 0.311 e. The molecule has 2 rings (SSSR count). The summed E-state index contributed by atoms with van der Waals surface area (Å²) in [5.41, 5.74) is 1.96. The van der Waals surface area contributed by atoms with Crippen molar-refractivity contribution in [1.29, 1.82) is 5.26 Å². The maximum atomic E-state index is 12.7. The Morgan fingerprint density at radius 2 is 1.75 bits per heavy atom. The number of nitriles is 1. The van der Waals surface area contributed by atoms with Gasteiger partial charge in [0.25, 0.3) is 0 Å². The quantitative estimate of drug-likeness (QED) is 0.494. The summed E-state index contributed by atoms with van der Waals surface area (Å²) in [6, 6.07) is 18.4. The van der Waals surface area contributed by atoms with E-state index in [2.05, 4.69) is 6.07 Å². The molecule has 0 aliphatic carbocycles. The summed E-state index contributed by atoms with van der Waals surface area (Å²) < 4.78 is 11.4. The molecular formula is C23H24ClNO3. The van der Waals surface area contributed by atoms with Gasteiger partial charge in [-0.05, 0) is 36.1 Å². The molecule has 0 N–H and O–H groups in total. The van der Waals surface area contributed by atoms with Gasteiger partial charge in [-0.1, -0.05) is 68.8 Å². The highest BCUT2D eigenvalue weighted by atomic mass is 35.5. The van der Waals surface area contributed by atoms with Crippen LogP contribution in [0.5, 0.6) is 11.5 Å². The molecule has 0 saturated carbocycles. The number of halogens is 1. The van der Waals surface area contributed by atoms with Gasteiger partial charge in [-0.25, -0.2) is 0 Å². The van der Waals surface area contributed by atoms with Crippen molar-refractivity contribution in [2.45, 2.75) is 26.9 Å². The Kier molecular flexibility index (Phi) is 8.10. The number of carbonyl (C=O) groups excluding carboxylic acids is 1. The molecule has 0 aromatic heterocycles. The molecule has 0 saturated heterocycles. The Morgan fingerprint density at radius 1 is 1.07 bits per heavy atom. The van der Waals surface area contributed by atoms with Gasteiger partial charge < -0.3 is 9.47 Å². The van der Waals surface area contributed by atoms with Crippen molar-refractivity contribution in [2.24, 2.45) is 17.8 Å². The molecule has 0 heterocycles. The van der Waals surface area contributed by atoms with Crippen LogP contribution in [-0.2, 0) is 9.53 Å². The predicted octanol–water partition coefficient (Wildman–Crippen LogP) is 6.25. The number of esters is 1. The summed E-state index contributed by atoms with van der Waals surface area (Å²) in [6.45, 7) is 5.79. The first kappa shape index (κ1) is 21.5. The lowest BCUT2D eigenvalue weighted by molar-refractivity contribution is -0.154. The van der Waals surface area contributed by atoms with E-state index in [4.69, 9.17) is 21.1 Å². The van der Waals surface area contributed by atoms with Gasteiger partial charge in [-0.3, -0.25) is 4.79 Å². The van der Waals surface area contributed by atoms with Crippen LogP contribution in [0.1, 0.15) is 32.4 Å². The summed E-state index contributed by atoms with van der Waals surface area (Å²) in [5.74, 6) is 0.387. The Morgan fingerprint density at radius 3 is 2.36 bits per heavy atom. The highest BCUT2D eigenvalue weighted by Crippen LogP contribution is 2.29. The molecule has 0 aliphatic heterocycles. The number of hydrogen-bond acceptors (Lipinski definition) is 4. The van der Waals surface area contributed by atoms with E-state index in [0.717, 1.165) is 0 Å². The van der Waals surface area contributed by atoms with Gasteiger partial charge in [0.05, 0.1) is 5.92 Å². The molecule has 3 atom stereocenters. The lowest BCUT2D eigenvalue weighted by atomic mass is 9.84. The van der Waals surface area contributed by atoms with E-state index in [9.17, 15) is 10.1 Å². The number of nitrogens with zero attached hydrogens (tertiary/aromatic N) is 1. The van der Waals surface area contributed by atoms with E-state index in [1.165, 1.54) is 5.54 Å². The van der Waals surface area contributed by atoms with Gasteiger partial charge in [0.2, 0.25) is 6.10 Å². The lowest BCUT2D eigenvalue weighted by Crippen LogP contribution is -2.29. The highest BCUT2D eigenvalue weighted by Gasteiger charge is 2.30. The summed E-state index contributed by atoms with van der Waals surface area (Å²) >= 11 is 5.66. The number of carbonyl (C=O) groups is 1. The number of hydrogen-bond donors (Lipinski definition) is 0. The maximum absolute atomic E-state index is 12.7. The van der Waals surface area contributed by atoms with Crippen LogP contribution in [0.4, 0.5) is 0 Å². The van der Waals surface area contributed by atoms with Gasteiger partial charge in [-0.15, -0.1) is 0 Å². The molecule has 2 aromatic carbocycles. The molecule has 3 unspecified atom stereocenters. The van der Waals surface area contributed by atoms with Crippen molar-refractivity contribution in [3.05, 3.63) is 71.8 Å². The zero-order valence-electron chi connectivity index (χ0n) is 16.2. The van der Waals surface area contributed by atoms with Crippen LogP contribution in [0, 0.1) is 29.1 Å². The standard InChI is InChI=1S/C23H24ClNO3/c1-16(2)22(17(3)12-13-24)23(26)28-21(15-25)18-8-7-11-20(14-18)27-19-9-5-4-6-10-19/h4-14,16-17,21-22H,1-3H3. The third-order valence-corrected chi connectivity index (χ3v) is 4.57. The van der Waals surface area contributed by atoms with Crippen LogP contribution in [0.15, 0.2) is 66.2 Å². The molecule has 28 heavy (non-hydrogen) atoms. The molecule has 0 spiro atoms. The zero-order chi connectivity index (χ0) is 20.5. The maximum Gasteiger partial charge on any atom is 0.311 e. The lowest BCUT2D eigenvalue weighted by Gasteiger charge is -2.24. The molecule has 0 fully saturated rings. The normalized spacial score (nSPS) is 14.3. The molecule has 2 aromatic rings. The molecule has 4 nitrogen and oxygen atoms in total. The summed E-state index contributed by atoms with van der Waals surface area (Å²) in [4.78, 5) is 12.7. The fourth-order valence-electron chi connectivity index (χ4n) is 3.06. The topological polar surface area (TPSA) is 59.3 Å². The van der Waals surface area contributed by atoms with E-state index < -0.39 is 18.0 Å². The van der Waals surface area contributed by atoms with Crippen molar-refractivity contribution >= 4 is 17.6 Å². The van der Waals surface area contributed by atoms with E-state index >= 15 is 0 Å². The summed E-state index contributed by atoms with van der Waals surface area (Å²) in [5, 5.41) is 9.57. The van der Waals surface area contributed by atoms with Crippen LogP contribution in [0.25, 0.3) is 0 Å². The van der Waals surface area contributed by atoms with Gasteiger partial charge in [0.1, 0.15) is 17.6 Å². The first-order valence-corrected chi connectivity index (χ1v) is 9.59. The van der Waals surface area contributed by atoms with Gasteiger partial charge >= 0.3 is 5.97 Å². The van der Waals surface area contributed by atoms with Crippen molar-refractivity contribution < 1.29 is 14.3 Å². The summed E-state index contributed by atoms with van der Waals surface area (Å²) in [6.07, 6.45) is 0.740. The highest BCUT2D eigenvalue weighted by molar-refractivity contribution is 6.25. The van der Waals surface area contributed by atoms with E-state index in [1.54, 1.807) is 30.3 Å². The molecule has 146 valence electrons. The molecular weight excluding hydrogens is 374 g/mol. The minimum Gasteiger partial charge on any atom is -0.457 e. The molecule has 0 radical (unpaired) electrons. The Hall–Kier alpha value is -2.77. The molecule has 0 bridgehead atoms. The number of ether oxygens (including phenoxy) is 2. The second-order valence-electron chi connectivity index (χ2n) is 6.88. The Labute approximate surface area is 171 Å². The summed E-state index contributed by atoms with van der Waals surface area (Å²) in [7, 11) is 0. The number of allylic oxidation sites excluding steroid dienone is 1. The average molecular weight is 398 g/mol. The first-order valence-electron chi connectivity index (χ1n) is 9.16. The number of rotatable bonds is 8. The van der Waals surface area contributed by atoms with Gasteiger partial charge in [0, 0.05) is 11.1 Å². The third-order valence-electron chi connectivity index (χ3n) is 4.42. The van der Waals surface area contributed by atoms with Gasteiger partial charge in [-0.2, -0.15) is 5.26 Å². The van der Waals surface area contributed by atoms with Crippen molar-refractivity contribution in [3.8, 4) is 17.6 Å². The van der Waals surface area contributed by atoms with Crippen LogP contribution in [0.2, 0.25) is 0 Å². The molecule has 0 aliphatic rings. The van der Waals surface area contributed by atoms with E-state index in [0.29, 0.717) is 17.1 Å². The van der Waals surface area contributed by atoms with Gasteiger partial charge in [0.15, 0.2) is 0 Å². The SMILES string of the molecule is CC(C)C(C(=O)OC(C#N)c1cccc(Oc2ccccc2)c1)C(C)C=CCl. The van der Waals surface area contributed by atoms with Crippen molar-refractivity contribution in [1.82, 2.24) is 0 Å². The van der Waals surface area contributed by atoms with E-state index in [-0.39, 0.29) is 11.8 Å². The number of para-hydroxylation sites is 1. The average Bonchev–Trinajstić information content (AvgIpc) is 2.67. The van der Waals surface area contributed by atoms with Crippen LogP contribution in [-0.4, -0.2) is 5.97 Å². The largest absolute Gasteiger partial charge is 0.457 e. The first-order chi connectivity index (χ1) is 13.5. The predicted molar refractivity (Wildman–Crippen MR) is 110 cm³/mol. The van der Waals surface area contributed by atoms with Crippen LogP contribution in [0.3, 0.4) is 0 Å². The number of benzene rings is 2. The minimum absolute atomic E-state index is 0.0439. The zero-order valence-corrected chi connectivity index (χ0v) is 17.0. The third kappa shape index (κ3) is 5.87. The van der Waals surface area contributed by atoms with Crippen molar-refractivity contribution in [3.63, 3.8) is 0 Å². The molecule has 0 amide bonds.